The summed E-state index contributed by atoms with van der Waals surface area (Å²) in [5, 5.41) is 3.62. The molecule has 0 atom stereocenters. The molecule has 0 fully saturated rings. The van der Waals surface area contributed by atoms with Gasteiger partial charge in [-0.05, 0) is 24.3 Å². The fourth-order valence-electron chi connectivity index (χ4n) is 2.08. The molecule has 1 aliphatic heterocycles. The van der Waals surface area contributed by atoms with E-state index >= 15 is 0 Å². The monoisotopic (exact) mass is 334 g/mol. The van der Waals surface area contributed by atoms with Crippen LogP contribution in [0, 0.1) is 0 Å². The van der Waals surface area contributed by atoms with Crippen molar-refractivity contribution in [3.05, 3.63) is 83.1 Å². The Balaban J connectivity index is 2.12. The lowest BCUT2D eigenvalue weighted by Gasteiger charge is -2.32. The highest BCUT2D eigenvalue weighted by Crippen LogP contribution is 2.41. The summed E-state index contributed by atoms with van der Waals surface area (Å²) in [4.78, 5) is 0. The van der Waals surface area contributed by atoms with Gasteiger partial charge in [0.1, 0.15) is 0 Å². The predicted octanol–water partition coefficient (Wildman–Crippen LogP) is 4.19. The third-order valence-electron chi connectivity index (χ3n) is 3.02. The first-order chi connectivity index (χ1) is 10.3. The second-order valence-corrected chi connectivity index (χ2v) is 7.22. The van der Waals surface area contributed by atoms with Crippen molar-refractivity contribution in [2.24, 2.45) is 0 Å². The highest BCUT2D eigenvalue weighted by atomic mass is 35.5. The van der Waals surface area contributed by atoms with Gasteiger partial charge >= 0.3 is 0 Å². The Morgan fingerprint density at radius 3 is 1.86 bits per heavy atom. The largest absolute Gasteiger partial charge is 0.302 e. The third kappa shape index (κ3) is 3.08. The summed E-state index contributed by atoms with van der Waals surface area (Å²) in [6.07, 6.45) is 7.82. The number of hydrogen-bond acceptors (Lipinski definition) is 2. The third-order valence-corrected chi connectivity index (χ3v) is 6.31. The van der Waals surface area contributed by atoms with Gasteiger partial charge in [0, 0.05) is 23.0 Å². The highest BCUT2D eigenvalue weighted by Gasteiger charge is 2.24. The minimum atomic E-state index is -0.890. The van der Waals surface area contributed by atoms with Crippen LogP contribution in [0.15, 0.2) is 73.1 Å². The normalized spacial score (nSPS) is 13.6. The molecule has 2 aromatic carbocycles. The van der Waals surface area contributed by atoms with Gasteiger partial charge in [0.25, 0.3) is 0 Å². The first-order valence-corrected chi connectivity index (χ1v) is 8.50. The molecule has 2 aromatic rings. The first-order valence-electron chi connectivity index (χ1n) is 6.45. The van der Waals surface area contributed by atoms with E-state index in [4.69, 9.17) is 23.2 Å². The van der Waals surface area contributed by atoms with Crippen molar-refractivity contribution >= 4 is 41.9 Å². The molecule has 1 heterocycles. The van der Waals surface area contributed by atoms with Crippen LogP contribution < -0.4 is 16.0 Å². The molecule has 21 heavy (non-hydrogen) atoms. The molecule has 0 bridgehead atoms. The summed E-state index contributed by atoms with van der Waals surface area (Å²) in [5.74, 6) is 0. The summed E-state index contributed by atoms with van der Waals surface area (Å²) < 4.78 is 2.05. The summed E-state index contributed by atoms with van der Waals surface area (Å²) in [5.41, 5.74) is 3.25. The molecule has 0 spiro atoms. The maximum atomic E-state index is 6.42. The average Bonchev–Trinajstić information content (AvgIpc) is 2.52. The van der Waals surface area contributed by atoms with Crippen LogP contribution in [-0.4, -0.2) is 4.78 Å². The summed E-state index contributed by atoms with van der Waals surface area (Å²) in [6.45, 7) is 0. The van der Waals surface area contributed by atoms with Crippen molar-refractivity contribution in [1.82, 2.24) is 10.2 Å². The zero-order chi connectivity index (χ0) is 14.7. The standard InChI is InChI=1S/C16H13Cl2N2P/c17-13-7-1-3-9-15(13)21(20-12-6-5-11-19-20)16-10-4-2-8-14(16)18/h1-12,19H. The number of hydrogen-bond donors (Lipinski definition) is 1. The number of hydrazine groups is 1. The molecule has 1 aliphatic rings. The average molecular weight is 335 g/mol. The Bertz CT molecular complexity index is 655. The molecule has 106 valence electrons. The molecule has 3 rings (SSSR count). The van der Waals surface area contributed by atoms with Crippen LogP contribution in [0.4, 0.5) is 0 Å². The Kier molecular flexibility index (Phi) is 4.50. The van der Waals surface area contributed by atoms with Crippen molar-refractivity contribution in [1.29, 1.82) is 0 Å². The molecule has 5 heteroatoms. The molecule has 1 N–H and O–H groups in total. The number of halogens is 2. The van der Waals surface area contributed by atoms with Crippen molar-refractivity contribution in [3.63, 3.8) is 0 Å². The molecular formula is C16H13Cl2N2P. The summed E-state index contributed by atoms with van der Waals surface area (Å²) >= 11 is 12.8. The summed E-state index contributed by atoms with van der Waals surface area (Å²) in [6, 6.07) is 15.8. The lowest BCUT2D eigenvalue weighted by molar-refractivity contribution is 0.523. The Hall–Kier alpha value is -1.47. The number of rotatable bonds is 3. The topological polar surface area (TPSA) is 15.3 Å². The maximum Gasteiger partial charge on any atom is 0.0804 e. The van der Waals surface area contributed by atoms with Gasteiger partial charge in [-0.1, -0.05) is 59.6 Å². The highest BCUT2D eigenvalue weighted by molar-refractivity contribution is 7.71. The molecular weight excluding hydrogens is 322 g/mol. The SMILES string of the molecule is Clc1ccccc1P(c1ccccc1Cl)N1C=CC=CN1. The van der Waals surface area contributed by atoms with E-state index in [2.05, 4.69) is 10.2 Å². The van der Waals surface area contributed by atoms with E-state index in [0.29, 0.717) is 0 Å². The Morgan fingerprint density at radius 1 is 0.810 bits per heavy atom. The van der Waals surface area contributed by atoms with Crippen LogP contribution in [0.5, 0.6) is 0 Å². The molecule has 0 aromatic heterocycles. The quantitative estimate of drug-likeness (QED) is 0.846. The number of nitrogens with zero attached hydrogens (tertiary/aromatic N) is 1. The Labute approximate surface area is 135 Å². The van der Waals surface area contributed by atoms with Crippen LogP contribution in [0.2, 0.25) is 10.0 Å². The van der Waals surface area contributed by atoms with Gasteiger partial charge in [0.05, 0.1) is 18.1 Å². The van der Waals surface area contributed by atoms with E-state index < -0.39 is 8.07 Å². The van der Waals surface area contributed by atoms with Gasteiger partial charge in [0.2, 0.25) is 0 Å². The molecule has 0 saturated carbocycles. The van der Waals surface area contributed by atoms with Gasteiger partial charge in [-0.2, -0.15) is 0 Å². The van der Waals surface area contributed by atoms with Gasteiger partial charge in [-0.15, -0.1) is 0 Å². The molecule has 0 aliphatic carbocycles. The van der Waals surface area contributed by atoms with Crippen molar-refractivity contribution in [2.45, 2.75) is 0 Å². The van der Waals surface area contributed by atoms with Gasteiger partial charge in [-0.25, -0.2) is 0 Å². The van der Waals surface area contributed by atoms with E-state index in [1.807, 2.05) is 73.1 Å². The molecule has 0 amide bonds. The second-order valence-electron chi connectivity index (χ2n) is 4.39. The van der Waals surface area contributed by atoms with Crippen molar-refractivity contribution in [2.75, 3.05) is 0 Å². The van der Waals surface area contributed by atoms with E-state index in [1.165, 1.54) is 0 Å². The van der Waals surface area contributed by atoms with Crippen molar-refractivity contribution in [3.8, 4) is 0 Å². The molecule has 0 saturated heterocycles. The van der Waals surface area contributed by atoms with Gasteiger partial charge in [0.15, 0.2) is 0 Å². The van der Waals surface area contributed by atoms with Gasteiger partial charge in [-0.3, -0.25) is 4.78 Å². The minimum absolute atomic E-state index is 0.744. The zero-order valence-electron chi connectivity index (χ0n) is 11.1. The van der Waals surface area contributed by atoms with E-state index in [0.717, 1.165) is 20.7 Å². The fraction of sp³-hybridized carbons (Fsp3) is 0. The van der Waals surface area contributed by atoms with Crippen LogP contribution in [0.3, 0.4) is 0 Å². The fourth-order valence-corrected chi connectivity index (χ4v) is 4.96. The van der Waals surface area contributed by atoms with E-state index in [9.17, 15) is 0 Å². The van der Waals surface area contributed by atoms with Gasteiger partial charge < -0.3 is 5.43 Å². The maximum absolute atomic E-state index is 6.42. The first kappa shape index (κ1) is 14.5. The number of benzene rings is 2. The summed E-state index contributed by atoms with van der Waals surface area (Å²) in [7, 11) is -0.890. The lowest BCUT2D eigenvalue weighted by atomic mass is 10.4. The molecule has 0 radical (unpaired) electrons. The van der Waals surface area contributed by atoms with Crippen LogP contribution in [0.25, 0.3) is 0 Å². The number of allylic oxidation sites excluding steroid dienone is 2. The smallest absolute Gasteiger partial charge is 0.0804 e. The zero-order valence-corrected chi connectivity index (χ0v) is 13.5. The van der Waals surface area contributed by atoms with Crippen molar-refractivity contribution < 1.29 is 0 Å². The second kappa shape index (κ2) is 6.53. The van der Waals surface area contributed by atoms with E-state index in [-0.39, 0.29) is 0 Å². The molecule has 0 unspecified atom stereocenters. The van der Waals surface area contributed by atoms with E-state index in [1.54, 1.807) is 0 Å². The van der Waals surface area contributed by atoms with Crippen LogP contribution in [-0.2, 0) is 0 Å². The van der Waals surface area contributed by atoms with Crippen LogP contribution >= 0.6 is 31.3 Å². The lowest BCUT2D eigenvalue weighted by Crippen LogP contribution is -2.34. The Morgan fingerprint density at radius 2 is 1.38 bits per heavy atom. The van der Waals surface area contributed by atoms with Crippen LogP contribution in [0.1, 0.15) is 0 Å². The number of nitrogens with one attached hydrogen (secondary N) is 1. The predicted molar refractivity (Wildman–Crippen MR) is 92.3 cm³/mol. The molecule has 2 nitrogen and oxygen atoms in total. The minimum Gasteiger partial charge on any atom is -0.302 e.